The van der Waals surface area contributed by atoms with Crippen LogP contribution >= 0.6 is 0 Å². The first-order valence-corrected chi connectivity index (χ1v) is 6.17. The third-order valence-corrected chi connectivity index (χ3v) is 2.93. The van der Waals surface area contributed by atoms with Crippen LogP contribution in [0.3, 0.4) is 0 Å². The molecule has 106 valence electrons. The second kappa shape index (κ2) is 6.05. The molecule has 0 atom stereocenters. The van der Waals surface area contributed by atoms with E-state index in [0.29, 0.717) is 18.0 Å². The van der Waals surface area contributed by atoms with Crippen molar-refractivity contribution >= 4 is 11.7 Å². The van der Waals surface area contributed by atoms with Crippen LogP contribution in [0.5, 0.6) is 5.75 Å². The van der Waals surface area contributed by atoms with E-state index in [1.165, 1.54) is 13.2 Å². The third kappa shape index (κ3) is 2.87. The summed E-state index contributed by atoms with van der Waals surface area (Å²) in [6, 6.07) is 4.77. The van der Waals surface area contributed by atoms with Gasteiger partial charge in [0, 0.05) is 12.6 Å². The van der Waals surface area contributed by atoms with E-state index in [4.69, 9.17) is 4.74 Å². The molecule has 2 N–H and O–H groups in total. The van der Waals surface area contributed by atoms with Crippen molar-refractivity contribution in [3.05, 3.63) is 35.9 Å². The van der Waals surface area contributed by atoms with Gasteiger partial charge in [0.15, 0.2) is 5.82 Å². The number of methoxy groups -OCH3 is 1. The zero-order chi connectivity index (χ0) is 14.5. The SMILES string of the molecule is CCn1cnnc1CNc1cc(OC)ccc1C(=O)O. The van der Waals surface area contributed by atoms with E-state index in [-0.39, 0.29) is 5.56 Å². The van der Waals surface area contributed by atoms with Crippen LogP contribution in [0, 0.1) is 0 Å². The van der Waals surface area contributed by atoms with E-state index in [1.807, 2.05) is 11.5 Å². The van der Waals surface area contributed by atoms with Crippen LogP contribution in [0.15, 0.2) is 24.5 Å². The molecule has 0 amide bonds. The van der Waals surface area contributed by atoms with Crippen molar-refractivity contribution in [3.63, 3.8) is 0 Å². The van der Waals surface area contributed by atoms with Gasteiger partial charge in [-0.25, -0.2) is 4.79 Å². The van der Waals surface area contributed by atoms with Gasteiger partial charge >= 0.3 is 5.97 Å². The van der Waals surface area contributed by atoms with E-state index in [9.17, 15) is 9.90 Å². The number of aromatic carboxylic acids is 1. The molecule has 0 saturated heterocycles. The molecule has 7 nitrogen and oxygen atoms in total. The normalized spacial score (nSPS) is 10.3. The number of aromatic nitrogens is 3. The maximum atomic E-state index is 11.2. The lowest BCUT2D eigenvalue weighted by molar-refractivity contribution is 0.0698. The summed E-state index contributed by atoms with van der Waals surface area (Å²) in [5.74, 6) is 0.341. The number of benzene rings is 1. The summed E-state index contributed by atoms with van der Waals surface area (Å²) in [5.41, 5.74) is 0.677. The Labute approximate surface area is 116 Å². The minimum Gasteiger partial charge on any atom is -0.497 e. The Balaban J connectivity index is 2.21. The van der Waals surface area contributed by atoms with E-state index in [0.717, 1.165) is 12.4 Å². The number of anilines is 1. The van der Waals surface area contributed by atoms with E-state index >= 15 is 0 Å². The average molecular weight is 276 g/mol. The summed E-state index contributed by atoms with van der Waals surface area (Å²) < 4.78 is 6.99. The van der Waals surface area contributed by atoms with Crippen molar-refractivity contribution in [1.82, 2.24) is 14.8 Å². The monoisotopic (exact) mass is 276 g/mol. The number of carboxylic acid groups (broad SMARTS) is 1. The predicted molar refractivity (Wildman–Crippen MR) is 73.0 cm³/mol. The highest BCUT2D eigenvalue weighted by Gasteiger charge is 2.12. The molecule has 1 aromatic heterocycles. The van der Waals surface area contributed by atoms with Gasteiger partial charge in [-0.2, -0.15) is 0 Å². The third-order valence-electron chi connectivity index (χ3n) is 2.93. The number of ether oxygens (including phenoxy) is 1. The molecule has 1 heterocycles. The molecule has 0 fully saturated rings. The number of aryl methyl sites for hydroxylation is 1. The minimum absolute atomic E-state index is 0.188. The van der Waals surface area contributed by atoms with Crippen molar-refractivity contribution < 1.29 is 14.6 Å². The molecule has 0 spiro atoms. The molecule has 1 aromatic carbocycles. The van der Waals surface area contributed by atoms with Gasteiger partial charge in [0.2, 0.25) is 0 Å². The molecular formula is C13H16N4O3. The lowest BCUT2D eigenvalue weighted by Crippen LogP contribution is -2.10. The number of carbonyl (C=O) groups is 1. The van der Waals surface area contributed by atoms with Crippen molar-refractivity contribution in [2.45, 2.75) is 20.0 Å². The van der Waals surface area contributed by atoms with Gasteiger partial charge in [-0.05, 0) is 19.1 Å². The first-order chi connectivity index (χ1) is 9.65. The summed E-state index contributed by atoms with van der Waals surface area (Å²) in [4.78, 5) is 11.2. The fourth-order valence-electron chi connectivity index (χ4n) is 1.84. The summed E-state index contributed by atoms with van der Waals surface area (Å²) in [5, 5.41) is 20.1. The van der Waals surface area contributed by atoms with Gasteiger partial charge in [0.05, 0.1) is 24.9 Å². The molecule has 20 heavy (non-hydrogen) atoms. The van der Waals surface area contributed by atoms with E-state index in [1.54, 1.807) is 18.5 Å². The quantitative estimate of drug-likeness (QED) is 0.833. The molecule has 0 bridgehead atoms. The Bertz CT molecular complexity index is 609. The number of carboxylic acids is 1. The smallest absolute Gasteiger partial charge is 0.337 e. The first-order valence-electron chi connectivity index (χ1n) is 6.17. The van der Waals surface area contributed by atoms with Gasteiger partial charge in [-0.3, -0.25) is 0 Å². The summed E-state index contributed by atoms with van der Waals surface area (Å²) >= 11 is 0. The molecular weight excluding hydrogens is 260 g/mol. The van der Waals surface area contributed by atoms with Gasteiger partial charge in [-0.1, -0.05) is 0 Å². The minimum atomic E-state index is -0.993. The van der Waals surface area contributed by atoms with Crippen molar-refractivity contribution in [2.75, 3.05) is 12.4 Å². The van der Waals surface area contributed by atoms with Crippen molar-refractivity contribution in [2.24, 2.45) is 0 Å². The number of hydrogen-bond acceptors (Lipinski definition) is 5. The van der Waals surface area contributed by atoms with Crippen molar-refractivity contribution in [3.8, 4) is 5.75 Å². The van der Waals surface area contributed by atoms with Crippen LogP contribution in [-0.2, 0) is 13.1 Å². The molecule has 0 saturated carbocycles. The van der Waals surface area contributed by atoms with Gasteiger partial charge in [0.25, 0.3) is 0 Å². The summed E-state index contributed by atoms with van der Waals surface area (Å²) in [6.45, 7) is 3.14. The van der Waals surface area contributed by atoms with Gasteiger partial charge < -0.3 is 19.7 Å². The Morgan fingerprint density at radius 1 is 1.50 bits per heavy atom. The summed E-state index contributed by atoms with van der Waals surface area (Å²) in [6.07, 6.45) is 1.64. The molecule has 0 aliphatic carbocycles. The van der Waals surface area contributed by atoms with Gasteiger partial charge in [-0.15, -0.1) is 10.2 Å². The fourth-order valence-corrected chi connectivity index (χ4v) is 1.84. The number of nitrogens with zero attached hydrogens (tertiary/aromatic N) is 3. The molecule has 0 aliphatic rings. The van der Waals surface area contributed by atoms with Crippen LogP contribution in [0.25, 0.3) is 0 Å². The topological polar surface area (TPSA) is 89.3 Å². The maximum Gasteiger partial charge on any atom is 0.337 e. The van der Waals surface area contributed by atoms with Crippen LogP contribution in [0.4, 0.5) is 5.69 Å². The standard InChI is InChI=1S/C13H16N4O3/c1-3-17-8-15-16-12(17)7-14-11-6-9(20-2)4-5-10(11)13(18)19/h4-6,8,14H,3,7H2,1-2H3,(H,18,19). The molecule has 0 unspecified atom stereocenters. The van der Waals surface area contributed by atoms with E-state index < -0.39 is 5.97 Å². The predicted octanol–water partition coefficient (Wildman–Crippen LogP) is 1.62. The summed E-state index contributed by atoms with van der Waals surface area (Å²) in [7, 11) is 1.53. The van der Waals surface area contributed by atoms with E-state index in [2.05, 4.69) is 15.5 Å². The zero-order valence-electron chi connectivity index (χ0n) is 11.3. The average Bonchev–Trinajstić information content (AvgIpc) is 2.91. The number of hydrogen-bond donors (Lipinski definition) is 2. The Morgan fingerprint density at radius 2 is 2.30 bits per heavy atom. The second-order valence-corrected chi connectivity index (χ2v) is 4.10. The fraction of sp³-hybridized carbons (Fsp3) is 0.308. The zero-order valence-corrected chi connectivity index (χ0v) is 11.3. The Morgan fingerprint density at radius 3 is 2.95 bits per heavy atom. The van der Waals surface area contributed by atoms with Crippen molar-refractivity contribution in [1.29, 1.82) is 0 Å². The molecule has 7 heteroatoms. The van der Waals surface area contributed by atoms with Crippen LogP contribution in [-0.4, -0.2) is 33.0 Å². The largest absolute Gasteiger partial charge is 0.497 e. The maximum absolute atomic E-state index is 11.2. The number of rotatable bonds is 6. The molecule has 2 aromatic rings. The molecule has 0 aliphatic heterocycles. The van der Waals surface area contributed by atoms with Crippen LogP contribution in [0.1, 0.15) is 23.1 Å². The highest BCUT2D eigenvalue weighted by atomic mass is 16.5. The Hall–Kier alpha value is -2.57. The highest BCUT2D eigenvalue weighted by molar-refractivity contribution is 5.94. The lowest BCUT2D eigenvalue weighted by atomic mass is 10.1. The van der Waals surface area contributed by atoms with Crippen LogP contribution in [0.2, 0.25) is 0 Å². The van der Waals surface area contributed by atoms with Crippen LogP contribution < -0.4 is 10.1 Å². The lowest BCUT2D eigenvalue weighted by Gasteiger charge is -2.11. The highest BCUT2D eigenvalue weighted by Crippen LogP contribution is 2.23. The second-order valence-electron chi connectivity index (χ2n) is 4.10. The Kier molecular flexibility index (Phi) is 4.19. The number of nitrogens with one attached hydrogen (secondary N) is 1. The first kappa shape index (κ1) is 13.9. The molecule has 0 radical (unpaired) electrons. The van der Waals surface area contributed by atoms with Gasteiger partial charge in [0.1, 0.15) is 12.1 Å². The molecule has 2 rings (SSSR count).